The van der Waals surface area contributed by atoms with Gasteiger partial charge in [0.25, 0.3) is 0 Å². The highest BCUT2D eigenvalue weighted by Crippen LogP contribution is 2.48. The molecule has 5 rings (SSSR count). The minimum absolute atomic E-state index is 0.0857. The van der Waals surface area contributed by atoms with Crippen molar-refractivity contribution in [2.24, 2.45) is 23.7 Å². The van der Waals surface area contributed by atoms with Gasteiger partial charge in [0.1, 0.15) is 17.6 Å². The van der Waals surface area contributed by atoms with Crippen LogP contribution in [0.5, 0.6) is 0 Å². The molecule has 3 fully saturated rings. The average molecular weight is 513 g/mol. The van der Waals surface area contributed by atoms with Crippen molar-refractivity contribution in [1.29, 1.82) is 0 Å². The van der Waals surface area contributed by atoms with E-state index in [-0.39, 0.29) is 30.3 Å². The highest BCUT2D eigenvalue weighted by atomic mass is 16.7. The molecule has 0 aromatic rings. The van der Waals surface area contributed by atoms with Gasteiger partial charge in [-0.1, -0.05) is 56.7 Å². The number of ketones is 1. The van der Waals surface area contributed by atoms with Crippen LogP contribution in [0.25, 0.3) is 0 Å². The van der Waals surface area contributed by atoms with Gasteiger partial charge in [-0.25, -0.2) is 0 Å². The zero-order valence-corrected chi connectivity index (χ0v) is 22.4. The van der Waals surface area contributed by atoms with Gasteiger partial charge in [-0.05, 0) is 49.7 Å². The lowest BCUT2D eigenvalue weighted by atomic mass is 9.73. The van der Waals surface area contributed by atoms with Crippen LogP contribution >= 0.6 is 0 Å². The third-order valence-corrected chi connectivity index (χ3v) is 8.84. The summed E-state index contributed by atoms with van der Waals surface area (Å²) in [7, 11) is 0. The van der Waals surface area contributed by atoms with Crippen LogP contribution in [0.4, 0.5) is 0 Å². The van der Waals surface area contributed by atoms with Gasteiger partial charge in [0.05, 0.1) is 19.3 Å². The van der Waals surface area contributed by atoms with Crippen LogP contribution in [0.15, 0.2) is 47.6 Å². The number of allylic oxidation sites excluding steroid dienone is 4. The van der Waals surface area contributed by atoms with Crippen LogP contribution in [0.2, 0.25) is 0 Å². The number of ether oxygens (including phenoxy) is 4. The lowest BCUT2D eigenvalue weighted by Gasteiger charge is -2.45. The monoisotopic (exact) mass is 512 g/mol. The number of esters is 1. The third-order valence-electron chi connectivity index (χ3n) is 8.84. The van der Waals surface area contributed by atoms with Crippen molar-refractivity contribution in [3.05, 3.63) is 47.6 Å². The number of fused-ring (bicyclic) bond motifs is 2. The van der Waals surface area contributed by atoms with E-state index >= 15 is 0 Å². The summed E-state index contributed by atoms with van der Waals surface area (Å²) in [5, 5.41) is 11.8. The summed E-state index contributed by atoms with van der Waals surface area (Å²) in [6.45, 7) is 9.31. The first kappa shape index (κ1) is 26.5. The topological polar surface area (TPSA) is 91.3 Å². The van der Waals surface area contributed by atoms with Gasteiger partial charge in [0.2, 0.25) is 0 Å². The predicted octanol–water partition coefficient (Wildman–Crippen LogP) is 4.21. The van der Waals surface area contributed by atoms with E-state index in [9.17, 15) is 14.7 Å². The van der Waals surface area contributed by atoms with E-state index in [1.807, 2.05) is 6.08 Å². The second-order valence-electron chi connectivity index (χ2n) is 11.7. The molecule has 202 valence electrons. The van der Waals surface area contributed by atoms with Crippen LogP contribution in [0.3, 0.4) is 0 Å². The molecule has 2 bridgehead atoms. The smallest absolute Gasteiger partial charge is 0.316 e. The summed E-state index contributed by atoms with van der Waals surface area (Å²) >= 11 is 0. The molecule has 9 atom stereocenters. The molecule has 0 unspecified atom stereocenters. The first-order valence-electron chi connectivity index (χ1n) is 13.8. The fourth-order valence-corrected chi connectivity index (χ4v) is 6.98. The minimum atomic E-state index is -1.77. The Kier molecular flexibility index (Phi) is 7.35. The van der Waals surface area contributed by atoms with Crippen molar-refractivity contribution >= 4 is 11.8 Å². The molecule has 7 nitrogen and oxygen atoms in total. The maximum Gasteiger partial charge on any atom is 0.316 e. The Balaban J connectivity index is 1.52. The van der Waals surface area contributed by atoms with E-state index in [1.54, 1.807) is 6.08 Å². The molecule has 37 heavy (non-hydrogen) atoms. The van der Waals surface area contributed by atoms with E-state index in [2.05, 4.69) is 39.8 Å². The molecule has 4 aliphatic heterocycles. The second-order valence-corrected chi connectivity index (χ2v) is 11.7. The summed E-state index contributed by atoms with van der Waals surface area (Å²) in [4.78, 5) is 26.3. The van der Waals surface area contributed by atoms with Crippen molar-refractivity contribution in [3.8, 4) is 0 Å². The van der Waals surface area contributed by atoms with Gasteiger partial charge in [0.15, 0.2) is 17.7 Å². The molecular formula is C30H40O7. The highest BCUT2D eigenvalue weighted by molar-refractivity contribution is 5.99. The van der Waals surface area contributed by atoms with Gasteiger partial charge in [-0.2, -0.15) is 0 Å². The molecule has 1 N–H and O–H groups in total. The maximum atomic E-state index is 13.7. The molecule has 3 saturated heterocycles. The van der Waals surface area contributed by atoms with Crippen LogP contribution < -0.4 is 0 Å². The quantitative estimate of drug-likeness (QED) is 0.416. The van der Waals surface area contributed by atoms with E-state index in [4.69, 9.17) is 18.9 Å². The summed E-state index contributed by atoms with van der Waals surface area (Å²) in [6, 6.07) is 0. The summed E-state index contributed by atoms with van der Waals surface area (Å²) in [5.74, 6) is -1.89. The first-order chi connectivity index (χ1) is 17.7. The van der Waals surface area contributed by atoms with Gasteiger partial charge >= 0.3 is 5.97 Å². The van der Waals surface area contributed by atoms with Crippen molar-refractivity contribution < 1.29 is 33.6 Å². The van der Waals surface area contributed by atoms with E-state index < -0.39 is 35.5 Å². The predicted molar refractivity (Wildman–Crippen MR) is 137 cm³/mol. The molecule has 0 radical (unpaired) electrons. The van der Waals surface area contributed by atoms with Gasteiger partial charge < -0.3 is 24.1 Å². The van der Waals surface area contributed by atoms with Crippen LogP contribution in [-0.2, 0) is 28.5 Å². The van der Waals surface area contributed by atoms with Crippen LogP contribution in [-0.4, -0.2) is 59.8 Å². The number of rotatable bonds is 1. The Hall–Kier alpha value is -2.06. The summed E-state index contributed by atoms with van der Waals surface area (Å²) in [5.41, 5.74) is 0.0170. The number of hydrogen-bond acceptors (Lipinski definition) is 7. The zero-order chi connectivity index (χ0) is 26.4. The molecule has 0 amide bonds. The Morgan fingerprint density at radius 2 is 1.97 bits per heavy atom. The van der Waals surface area contributed by atoms with Crippen LogP contribution in [0.1, 0.15) is 59.8 Å². The maximum absolute atomic E-state index is 13.7. The zero-order valence-electron chi connectivity index (χ0n) is 22.4. The Labute approximate surface area is 219 Å². The van der Waals surface area contributed by atoms with Crippen molar-refractivity contribution in [3.63, 3.8) is 0 Å². The molecule has 5 aliphatic rings. The lowest BCUT2D eigenvalue weighted by molar-refractivity contribution is -0.294. The Bertz CT molecular complexity index is 1040. The number of hydrogen-bond donors (Lipinski definition) is 1. The normalized spacial score (nSPS) is 48.1. The van der Waals surface area contributed by atoms with Crippen molar-refractivity contribution in [2.45, 2.75) is 89.5 Å². The molecule has 1 spiro atoms. The minimum Gasteiger partial charge on any atom is -0.462 e. The van der Waals surface area contributed by atoms with Gasteiger partial charge in [-0.3, -0.25) is 9.59 Å². The van der Waals surface area contributed by atoms with E-state index in [0.717, 1.165) is 12.8 Å². The third kappa shape index (κ3) is 4.80. The molecule has 1 aliphatic carbocycles. The lowest BCUT2D eigenvalue weighted by Crippen LogP contribution is -2.56. The molecule has 0 aromatic heterocycles. The van der Waals surface area contributed by atoms with Gasteiger partial charge in [-0.15, -0.1) is 0 Å². The number of carbonyl (C=O) groups is 2. The van der Waals surface area contributed by atoms with Gasteiger partial charge in [0, 0.05) is 18.8 Å². The van der Waals surface area contributed by atoms with Crippen molar-refractivity contribution in [1.82, 2.24) is 0 Å². The Morgan fingerprint density at radius 3 is 2.76 bits per heavy atom. The molecule has 7 heteroatoms. The van der Waals surface area contributed by atoms with E-state index in [1.165, 1.54) is 17.7 Å². The van der Waals surface area contributed by atoms with E-state index in [0.29, 0.717) is 37.4 Å². The first-order valence-corrected chi connectivity index (χ1v) is 13.8. The average Bonchev–Trinajstić information content (AvgIpc) is 3.33. The second kappa shape index (κ2) is 10.3. The molecular weight excluding hydrogens is 472 g/mol. The highest BCUT2D eigenvalue weighted by Gasteiger charge is 2.59. The summed E-state index contributed by atoms with van der Waals surface area (Å²) in [6.07, 6.45) is 12.6. The number of aliphatic hydroxyl groups is 1. The molecule has 0 saturated carbocycles. The SMILES string of the molecule is CC[C@@H]1[C@H](C)CO[C@]12C[C@@H]1C[C@@H](C/C=C(\C)C[C@@H](C)/C=C/C=C3\CO[C@@H]4C(=O)C=C[C@@H](C(=O)O1)[C@]34O)O2. The standard InChI is InChI=1S/C30H40O7/c1-5-24-20(4)16-35-29(24)15-23-14-22(37-29)10-9-19(3)13-18(2)7-6-8-21-17-34-27-26(31)12-11-25(28(32)36-23)30(21,27)33/h6-9,11-12,18,20,22-25,27,33H,5,10,13-17H2,1-4H3/b7-6+,19-9+,21-8+/t18-,20+,22+,23-,24+,25-,27+,29-,30+/m0/s1. The van der Waals surface area contributed by atoms with Crippen molar-refractivity contribution in [2.75, 3.05) is 13.2 Å². The molecule has 0 aromatic carbocycles. The Morgan fingerprint density at radius 1 is 1.16 bits per heavy atom. The largest absolute Gasteiger partial charge is 0.462 e. The fourth-order valence-electron chi connectivity index (χ4n) is 6.98. The fraction of sp³-hybridized carbons (Fsp3) is 0.667. The molecule has 4 heterocycles. The van der Waals surface area contributed by atoms with Crippen LogP contribution in [0, 0.1) is 23.7 Å². The summed E-state index contributed by atoms with van der Waals surface area (Å²) < 4.78 is 24.8. The number of carbonyl (C=O) groups excluding carboxylic acids is 2.